The van der Waals surface area contributed by atoms with E-state index in [9.17, 15) is 4.79 Å². The fourth-order valence-electron chi connectivity index (χ4n) is 2.78. The van der Waals surface area contributed by atoms with Crippen LogP contribution in [0.2, 0.25) is 0 Å². The second-order valence-electron chi connectivity index (χ2n) is 6.06. The Morgan fingerprint density at radius 1 is 1.04 bits per heavy atom. The van der Waals surface area contributed by atoms with E-state index >= 15 is 0 Å². The summed E-state index contributed by atoms with van der Waals surface area (Å²) in [6.07, 6.45) is 5.86. The van der Waals surface area contributed by atoms with Crippen LogP contribution >= 0.6 is 0 Å². The summed E-state index contributed by atoms with van der Waals surface area (Å²) in [6, 6.07) is 16.3. The molecule has 1 amide bonds. The van der Waals surface area contributed by atoms with E-state index in [0.29, 0.717) is 6.54 Å². The van der Waals surface area contributed by atoms with Gasteiger partial charge < -0.3 is 5.32 Å². The molecule has 0 aliphatic heterocycles. The van der Waals surface area contributed by atoms with E-state index in [2.05, 4.69) is 22.0 Å². The van der Waals surface area contributed by atoms with Gasteiger partial charge in [0.2, 0.25) is 6.33 Å². The Balaban J connectivity index is 0.00000225. The largest absolute Gasteiger partial charge is 0.322 e. The number of benzene rings is 2. The number of rotatable bonds is 5. The van der Waals surface area contributed by atoms with Crippen LogP contribution < -0.4 is 9.88 Å². The van der Waals surface area contributed by atoms with Crippen LogP contribution in [0.4, 0.5) is 5.69 Å². The van der Waals surface area contributed by atoms with Crippen LogP contribution in [0.1, 0.15) is 16.7 Å². The zero-order valence-electron chi connectivity index (χ0n) is 14.6. The maximum absolute atomic E-state index is 12.3. The number of aromatic nitrogens is 2. The molecule has 0 aliphatic carbocycles. The number of hydrogen-bond donors (Lipinski definition) is 1. The van der Waals surface area contributed by atoms with Crippen molar-refractivity contribution in [3.8, 4) is 0 Å². The molecule has 0 aliphatic rings. The number of anilines is 1. The Hall–Kier alpha value is -1.78. The van der Waals surface area contributed by atoms with Crippen LogP contribution in [-0.4, -0.2) is 10.5 Å². The van der Waals surface area contributed by atoms with E-state index < -0.39 is 0 Å². The van der Waals surface area contributed by atoms with Gasteiger partial charge in [-0.05, 0) is 30.5 Å². The molecule has 0 spiro atoms. The van der Waals surface area contributed by atoms with Crippen molar-refractivity contribution in [2.75, 3.05) is 5.32 Å². The number of aryl methyl sites for hydroxylation is 2. The fraction of sp³-hybridized carbons (Fsp3) is 0.200. The fourth-order valence-corrected chi connectivity index (χ4v) is 2.78. The van der Waals surface area contributed by atoms with Gasteiger partial charge in [-0.25, -0.2) is 9.13 Å². The maximum atomic E-state index is 12.3. The van der Waals surface area contributed by atoms with Crippen LogP contribution in [0.25, 0.3) is 0 Å². The molecule has 0 atom stereocenters. The van der Waals surface area contributed by atoms with Crippen molar-refractivity contribution in [1.29, 1.82) is 0 Å². The SMILES string of the molecule is Cc1cccc(C)c1NC(=O)Cn1cc[n+](Cc2ccccc2)c1.[Y]. The first-order chi connectivity index (χ1) is 11.6. The molecular weight excluding hydrogens is 387 g/mol. The number of imidazole rings is 1. The van der Waals surface area contributed by atoms with E-state index in [0.717, 1.165) is 23.4 Å². The smallest absolute Gasteiger partial charge is 0.266 e. The molecule has 125 valence electrons. The predicted molar refractivity (Wildman–Crippen MR) is 94.7 cm³/mol. The number of para-hydroxylation sites is 1. The van der Waals surface area contributed by atoms with Crippen LogP contribution in [0, 0.1) is 13.8 Å². The number of carbonyl (C=O) groups excluding carboxylic acids is 1. The third-order valence-corrected chi connectivity index (χ3v) is 4.03. The molecule has 1 N–H and O–H groups in total. The standard InChI is InChI=1S/C20H21N3O.Y/c1-16-7-6-8-17(2)20(16)21-19(24)14-23-12-11-22(15-23)13-18-9-4-3-5-10-18;/h3-12,15H,13-14H2,1-2H3;/p+1. The summed E-state index contributed by atoms with van der Waals surface area (Å²) < 4.78 is 3.97. The summed E-state index contributed by atoms with van der Waals surface area (Å²) in [7, 11) is 0. The molecule has 0 fully saturated rings. The zero-order chi connectivity index (χ0) is 16.9. The Kier molecular flexibility index (Phi) is 7.09. The van der Waals surface area contributed by atoms with Crippen molar-refractivity contribution in [1.82, 2.24) is 4.57 Å². The maximum Gasteiger partial charge on any atom is 0.266 e. The average molecular weight is 409 g/mol. The summed E-state index contributed by atoms with van der Waals surface area (Å²) >= 11 is 0. The van der Waals surface area contributed by atoms with Crippen molar-refractivity contribution in [3.63, 3.8) is 0 Å². The Morgan fingerprint density at radius 3 is 2.40 bits per heavy atom. The molecule has 4 nitrogen and oxygen atoms in total. The van der Waals surface area contributed by atoms with Gasteiger partial charge in [0.1, 0.15) is 18.9 Å². The van der Waals surface area contributed by atoms with Crippen molar-refractivity contribution >= 4 is 11.6 Å². The molecule has 3 aromatic rings. The quantitative estimate of drug-likeness (QED) is 0.647. The van der Waals surface area contributed by atoms with Crippen molar-refractivity contribution in [3.05, 3.63) is 83.9 Å². The first kappa shape index (κ1) is 19.5. The third-order valence-electron chi connectivity index (χ3n) is 4.03. The van der Waals surface area contributed by atoms with Crippen molar-refractivity contribution < 1.29 is 42.1 Å². The van der Waals surface area contributed by atoms with Gasteiger partial charge in [-0.15, -0.1) is 0 Å². The average Bonchev–Trinajstić information content (AvgIpc) is 2.99. The van der Waals surface area contributed by atoms with Gasteiger partial charge in [0.15, 0.2) is 6.54 Å². The summed E-state index contributed by atoms with van der Waals surface area (Å²) in [5.74, 6) is -0.0186. The molecule has 2 aromatic carbocycles. The molecule has 5 heteroatoms. The minimum Gasteiger partial charge on any atom is -0.322 e. The minimum absolute atomic E-state index is 0. The van der Waals surface area contributed by atoms with Crippen LogP contribution in [0.5, 0.6) is 0 Å². The molecule has 3 rings (SSSR count). The van der Waals surface area contributed by atoms with E-state index in [1.807, 2.05) is 73.5 Å². The number of hydrogen-bond acceptors (Lipinski definition) is 1. The molecule has 1 aromatic heterocycles. The number of nitrogens with one attached hydrogen (secondary N) is 1. The van der Waals surface area contributed by atoms with Gasteiger partial charge in [-0.2, -0.15) is 0 Å². The second-order valence-corrected chi connectivity index (χ2v) is 6.06. The molecule has 25 heavy (non-hydrogen) atoms. The van der Waals surface area contributed by atoms with Gasteiger partial charge >= 0.3 is 0 Å². The normalized spacial score (nSPS) is 10.2. The molecule has 0 bridgehead atoms. The van der Waals surface area contributed by atoms with Crippen LogP contribution in [-0.2, 0) is 50.6 Å². The van der Waals surface area contributed by atoms with Gasteiger partial charge in [0.25, 0.3) is 5.91 Å². The third kappa shape index (κ3) is 5.35. The van der Waals surface area contributed by atoms with E-state index in [1.54, 1.807) is 0 Å². The number of nitrogens with zero attached hydrogens (tertiary/aromatic N) is 2. The summed E-state index contributed by atoms with van der Waals surface area (Å²) in [5.41, 5.74) is 4.30. The van der Waals surface area contributed by atoms with Crippen molar-refractivity contribution in [2.24, 2.45) is 0 Å². The first-order valence-corrected chi connectivity index (χ1v) is 8.06. The zero-order valence-corrected chi connectivity index (χ0v) is 17.5. The molecule has 0 saturated carbocycles. The second kappa shape index (κ2) is 9.07. The number of carbonyl (C=O) groups is 1. The Morgan fingerprint density at radius 2 is 1.72 bits per heavy atom. The number of amides is 1. The van der Waals surface area contributed by atoms with Crippen LogP contribution in [0.3, 0.4) is 0 Å². The molecule has 1 radical (unpaired) electrons. The van der Waals surface area contributed by atoms with Gasteiger partial charge in [-0.1, -0.05) is 48.5 Å². The van der Waals surface area contributed by atoms with Gasteiger partial charge in [0.05, 0.1) is 0 Å². The first-order valence-electron chi connectivity index (χ1n) is 8.06. The van der Waals surface area contributed by atoms with Crippen molar-refractivity contribution in [2.45, 2.75) is 26.9 Å². The molecule has 0 saturated heterocycles. The van der Waals surface area contributed by atoms with E-state index in [-0.39, 0.29) is 38.6 Å². The minimum atomic E-state index is -0.0186. The monoisotopic (exact) mass is 409 g/mol. The predicted octanol–water partition coefficient (Wildman–Crippen LogP) is 3.08. The van der Waals surface area contributed by atoms with Gasteiger partial charge in [0, 0.05) is 38.4 Å². The molecule has 0 unspecified atom stereocenters. The topological polar surface area (TPSA) is 37.9 Å². The Bertz CT molecular complexity index is 823. The summed E-state index contributed by atoms with van der Waals surface area (Å²) in [6.45, 7) is 5.11. The Labute approximate surface area is 173 Å². The van der Waals surface area contributed by atoms with E-state index in [1.165, 1.54) is 5.56 Å². The molecule has 1 heterocycles. The van der Waals surface area contributed by atoms with Crippen LogP contribution in [0.15, 0.2) is 67.3 Å². The summed E-state index contributed by atoms with van der Waals surface area (Å²) in [4.78, 5) is 12.3. The summed E-state index contributed by atoms with van der Waals surface area (Å²) in [5, 5.41) is 3.02. The molecular formula is C20H22N3OY+. The van der Waals surface area contributed by atoms with E-state index in [4.69, 9.17) is 0 Å². The van der Waals surface area contributed by atoms with Gasteiger partial charge in [-0.3, -0.25) is 4.79 Å².